The number of rotatable bonds is 3. The summed E-state index contributed by atoms with van der Waals surface area (Å²) in [5.74, 6) is 0. The first-order valence-electron chi connectivity index (χ1n) is 5.29. The normalized spacial score (nSPS) is 10.1. The van der Waals surface area contributed by atoms with Gasteiger partial charge < -0.3 is 5.32 Å². The molecule has 0 saturated heterocycles. The van der Waals surface area contributed by atoms with Crippen molar-refractivity contribution in [1.82, 2.24) is 0 Å². The molecular formula is C14H14IN. The van der Waals surface area contributed by atoms with Crippen LogP contribution in [0.4, 0.5) is 5.69 Å². The van der Waals surface area contributed by atoms with Crippen molar-refractivity contribution in [2.24, 2.45) is 0 Å². The van der Waals surface area contributed by atoms with Crippen molar-refractivity contribution in [3.63, 3.8) is 0 Å². The first kappa shape index (κ1) is 11.5. The molecule has 0 amide bonds. The zero-order chi connectivity index (χ0) is 11.4. The Bertz CT molecular complexity index is 480. The lowest BCUT2D eigenvalue weighted by Crippen LogP contribution is -2.00. The number of hydrogen-bond acceptors (Lipinski definition) is 1. The van der Waals surface area contributed by atoms with Gasteiger partial charge in [-0.3, -0.25) is 0 Å². The second kappa shape index (κ2) is 5.34. The van der Waals surface area contributed by atoms with Crippen molar-refractivity contribution in [3.8, 4) is 0 Å². The lowest BCUT2D eigenvalue weighted by Gasteiger charge is -2.09. The van der Waals surface area contributed by atoms with Gasteiger partial charge in [-0.25, -0.2) is 0 Å². The molecule has 0 aliphatic rings. The third kappa shape index (κ3) is 2.98. The largest absolute Gasteiger partial charge is 0.381 e. The number of nitrogens with one attached hydrogen (secondary N) is 1. The molecule has 0 aromatic heterocycles. The highest BCUT2D eigenvalue weighted by Crippen LogP contribution is 2.14. The summed E-state index contributed by atoms with van der Waals surface area (Å²) in [5, 5.41) is 3.44. The van der Waals surface area contributed by atoms with Crippen LogP contribution in [-0.4, -0.2) is 0 Å². The van der Waals surface area contributed by atoms with Crippen molar-refractivity contribution in [1.29, 1.82) is 0 Å². The summed E-state index contributed by atoms with van der Waals surface area (Å²) in [6, 6.07) is 16.9. The molecule has 0 aliphatic carbocycles. The molecule has 2 heteroatoms. The topological polar surface area (TPSA) is 12.0 Å². The van der Waals surface area contributed by atoms with Gasteiger partial charge in [-0.05, 0) is 58.8 Å². The Morgan fingerprint density at radius 2 is 1.88 bits per heavy atom. The monoisotopic (exact) mass is 323 g/mol. The molecule has 0 aliphatic heterocycles. The Morgan fingerprint density at radius 1 is 1.06 bits per heavy atom. The van der Waals surface area contributed by atoms with Crippen molar-refractivity contribution in [2.75, 3.05) is 5.32 Å². The summed E-state index contributed by atoms with van der Waals surface area (Å²) >= 11 is 2.33. The van der Waals surface area contributed by atoms with Crippen molar-refractivity contribution >= 4 is 28.3 Å². The molecule has 82 valence electrons. The highest BCUT2D eigenvalue weighted by atomic mass is 127. The zero-order valence-corrected chi connectivity index (χ0v) is 11.4. The summed E-state index contributed by atoms with van der Waals surface area (Å²) in [6.07, 6.45) is 0. The van der Waals surface area contributed by atoms with Gasteiger partial charge in [0.05, 0.1) is 0 Å². The lowest BCUT2D eigenvalue weighted by molar-refractivity contribution is 1.12. The predicted octanol–water partition coefficient (Wildman–Crippen LogP) is 4.21. The quantitative estimate of drug-likeness (QED) is 0.834. The van der Waals surface area contributed by atoms with Gasteiger partial charge in [0, 0.05) is 15.8 Å². The fourth-order valence-corrected chi connectivity index (χ4v) is 2.15. The zero-order valence-electron chi connectivity index (χ0n) is 9.20. The summed E-state index contributed by atoms with van der Waals surface area (Å²) in [7, 11) is 0. The van der Waals surface area contributed by atoms with Crippen LogP contribution in [0.2, 0.25) is 0 Å². The molecule has 16 heavy (non-hydrogen) atoms. The summed E-state index contributed by atoms with van der Waals surface area (Å²) in [5.41, 5.74) is 3.86. The highest BCUT2D eigenvalue weighted by molar-refractivity contribution is 14.1. The molecule has 2 aromatic carbocycles. The van der Waals surface area contributed by atoms with E-state index in [0.29, 0.717) is 0 Å². The molecule has 0 spiro atoms. The molecule has 0 saturated carbocycles. The van der Waals surface area contributed by atoms with Crippen LogP contribution >= 0.6 is 22.6 Å². The third-order valence-corrected chi connectivity index (χ3v) is 3.24. The summed E-state index contributed by atoms with van der Waals surface area (Å²) in [6.45, 7) is 3.03. The lowest BCUT2D eigenvalue weighted by atomic mass is 10.1. The Hall–Kier alpha value is -1.03. The van der Waals surface area contributed by atoms with Crippen LogP contribution in [-0.2, 0) is 6.54 Å². The Morgan fingerprint density at radius 3 is 2.62 bits per heavy atom. The third-order valence-electron chi connectivity index (χ3n) is 2.57. The van der Waals surface area contributed by atoms with E-state index in [0.717, 1.165) is 6.54 Å². The van der Waals surface area contributed by atoms with E-state index in [9.17, 15) is 0 Å². The Kier molecular flexibility index (Phi) is 3.83. The average molecular weight is 323 g/mol. The van der Waals surface area contributed by atoms with Crippen LogP contribution in [0.15, 0.2) is 48.5 Å². The molecule has 1 N–H and O–H groups in total. The smallest absolute Gasteiger partial charge is 0.0403 e. The first-order valence-corrected chi connectivity index (χ1v) is 6.37. The van der Waals surface area contributed by atoms with Crippen molar-refractivity contribution in [2.45, 2.75) is 13.5 Å². The van der Waals surface area contributed by atoms with Crippen LogP contribution in [0.25, 0.3) is 0 Å². The van der Waals surface area contributed by atoms with Crippen LogP contribution in [0.5, 0.6) is 0 Å². The van der Waals surface area contributed by atoms with E-state index in [1.54, 1.807) is 0 Å². The van der Waals surface area contributed by atoms with Gasteiger partial charge >= 0.3 is 0 Å². The average Bonchev–Trinajstić information content (AvgIpc) is 2.28. The van der Waals surface area contributed by atoms with Crippen LogP contribution in [0.1, 0.15) is 11.1 Å². The fraction of sp³-hybridized carbons (Fsp3) is 0.143. The number of hydrogen-bond donors (Lipinski definition) is 1. The second-order valence-corrected chi connectivity index (χ2v) is 5.04. The maximum absolute atomic E-state index is 3.44. The summed E-state index contributed by atoms with van der Waals surface area (Å²) in [4.78, 5) is 0. The number of halogens is 1. The van der Waals surface area contributed by atoms with Gasteiger partial charge in [0.15, 0.2) is 0 Å². The molecule has 0 atom stereocenters. The Labute approximate surface area is 110 Å². The number of aryl methyl sites for hydroxylation is 1. The molecule has 0 radical (unpaired) electrons. The molecule has 0 unspecified atom stereocenters. The number of anilines is 1. The minimum absolute atomic E-state index is 0.882. The van der Waals surface area contributed by atoms with E-state index < -0.39 is 0 Å². The van der Waals surface area contributed by atoms with Gasteiger partial charge in [0.1, 0.15) is 0 Å². The summed E-state index contributed by atoms with van der Waals surface area (Å²) < 4.78 is 1.26. The molecule has 0 heterocycles. The first-order chi connectivity index (χ1) is 7.75. The van der Waals surface area contributed by atoms with Crippen LogP contribution in [0.3, 0.4) is 0 Å². The van der Waals surface area contributed by atoms with E-state index in [1.165, 1.54) is 20.4 Å². The molecule has 0 fully saturated rings. The van der Waals surface area contributed by atoms with E-state index in [2.05, 4.69) is 83.4 Å². The van der Waals surface area contributed by atoms with Crippen LogP contribution < -0.4 is 5.32 Å². The SMILES string of the molecule is Cc1ccccc1CNc1cccc(I)c1. The number of benzene rings is 2. The van der Waals surface area contributed by atoms with E-state index in [4.69, 9.17) is 0 Å². The molecule has 2 aromatic rings. The van der Waals surface area contributed by atoms with Gasteiger partial charge in [-0.1, -0.05) is 30.3 Å². The van der Waals surface area contributed by atoms with Gasteiger partial charge in [-0.15, -0.1) is 0 Å². The van der Waals surface area contributed by atoms with Gasteiger partial charge in [0.2, 0.25) is 0 Å². The van der Waals surface area contributed by atoms with E-state index >= 15 is 0 Å². The second-order valence-electron chi connectivity index (χ2n) is 3.79. The molecule has 2 rings (SSSR count). The van der Waals surface area contributed by atoms with Crippen molar-refractivity contribution < 1.29 is 0 Å². The predicted molar refractivity (Wildman–Crippen MR) is 77.7 cm³/mol. The van der Waals surface area contributed by atoms with E-state index in [-0.39, 0.29) is 0 Å². The molecule has 1 nitrogen and oxygen atoms in total. The van der Waals surface area contributed by atoms with Crippen molar-refractivity contribution in [3.05, 3.63) is 63.2 Å². The fourth-order valence-electron chi connectivity index (χ4n) is 1.60. The maximum atomic E-state index is 3.44. The Balaban J connectivity index is 2.05. The molecule has 0 bridgehead atoms. The van der Waals surface area contributed by atoms with Crippen LogP contribution in [0, 0.1) is 10.5 Å². The highest BCUT2D eigenvalue weighted by Gasteiger charge is 1.97. The minimum Gasteiger partial charge on any atom is -0.381 e. The van der Waals surface area contributed by atoms with Gasteiger partial charge in [-0.2, -0.15) is 0 Å². The van der Waals surface area contributed by atoms with Gasteiger partial charge in [0.25, 0.3) is 0 Å². The molecular weight excluding hydrogens is 309 g/mol. The minimum atomic E-state index is 0.882. The standard InChI is InChI=1S/C14H14IN/c1-11-5-2-3-6-12(11)10-16-14-8-4-7-13(15)9-14/h2-9,16H,10H2,1H3. The van der Waals surface area contributed by atoms with E-state index in [1.807, 2.05) is 0 Å². The maximum Gasteiger partial charge on any atom is 0.0403 e.